The van der Waals surface area contributed by atoms with Crippen molar-refractivity contribution in [1.82, 2.24) is 0 Å². The van der Waals surface area contributed by atoms with Crippen LogP contribution in [-0.4, -0.2) is 25.8 Å². The topological polar surface area (TPSA) is 9.23 Å². The maximum atomic E-state index is 12.1. The van der Waals surface area contributed by atoms with Gasteiger partial charge in [-0.2, -0.15) is 8.78 Å². The van der Waals surface area contributed by atoms with E-state index in [9.17, 15) is 17.6 Å². The summed E-state index contributed by atoms with van der Waals surface area (Å²) in [6.45, 7) is -1.21. The molecule has 0 bridgehead atoms. The molecule has 8 heteroatoms. The summed E-state index contributed by atoms with van der Waals surface area (Å²) in [6.07, 6.45) is -8.03. The minimum absolute atomic E-state index is 0.151. The summed E-state index contributed by atoms with van der Waals surface area (Å²) in [5, 5.41) is 0. The fourth-order valence-electron chi connectivity index (χ4n) is 0.654. The minimum atomic E-state index is -4.38. The molecule has 0 atom stereocenters. The first-order valence-electron chi connectivity index (χ1n) is 3.83. The molecule has 0 unspecified atom stereocenters. The Bertz CT molecular complexity index is 174. The maximum Gasteiger partial charge on any atom is 0.416 e. The zero-order valence-corrected chi connectivity index (χ0v) is 9.89. The molecule has 0 heterocycles. The molecule has 1 nitrogen and oxygen atoms in total. The van der Waals surface area contributed by atoms with Gasteiger partial charge in [-0.05, 0) is 19.0 Å². The second-order valence-corrected chi connectivity index (χ2v) is 11.1. The molecule has 86 valence electrons. The zero-order chi connectivity index (χ0) is 11.4. The highest BCUT2D eigenvalue weighted by molar-refractivity contribution is 7.44. The molecule has 0 spiro atoms. The van der Waals surface area contributed by atoms with Crippen molar-refractivity contribution in [2.24, 2.45) is 0 Å². The number of rotatable bonds is 6. The Morgan fingerprint density at radius 1 is 1.36 bits per heavy atom. The molecule has 0 aromatic heterocycles. The molecular formula is C6H10Cl2F4OSi. The first-order chi connectivity index (χ1) is 6.15. The normalized spacial score (nSPS) is 13.7. The van der Waals surface area contributed by atoms with Gasteiger partial charge in [0.25, 0.3) is 0 Å². The molecule has 0 aliphatic rings. The van der Waals surface area contributed by atoms with Crippen LogP contribution in [0.15, 0.2) is 0 Å². The van der Waals surface area contributed by atoms with Gasteiger partial charge in [-0.3, -0.25) is 0 Å². The fraction of sp³-hybridized carbons (Fsp3) is 1.00. The van der Waals surface area contributed by atoms with Crippen LogP contribution in [0.25, 0.3) is 0 Å². The molecule has 0 aliphatic carbocycles. The molecule has 0 aromatic rings. The largest absolute Gasteiger partial charge is 0.416 e. The summed E-state index contributed by atoms with van der Waals surface area (Å²) < 4.78 is 51.1. The second kappa shape index (κ2) is 5.53. The summed E-state index contributed by atoms with van der Waals surface area (Å²) in [7, 11) is 0. The summed E-state index contributed by atoms with van der Waals surface area (Å²) >= 11 is 11.3. The summed E-state index contributed by atoms with van der Waals surface area (Å²) in [5.74, 6) is 0. The van der Waals surface area contributed by atoms with Crippen molar-refractivity contribution < 1.29 is 22.3 Å². The monoisotopic (exact) mass is 272 g/mol. The average molecular weight is 273 g/mol. The van der Waals surface area contributed by atoms with E-state index in [0.717, 1.165) is 0 Å². The Balaban J connectivity index is 3.65. The van der Waals surface area contributed by atoms with E-state index in [1.54, 1.807) is 6.55 Å². The van der Waals surface area contributed by atoms with Crippen molar-refractivity contribution in [3.8, 4) is 0 Å². The summed E-state index contributed by atoms with van der Waals surface area (Å²) in [6, 6.07) is 0.329. The molecular weight excluding hydrogens is 263 g/mol. The van der Waals surface area contributed by atoms with Crippen LogP contribution in [-0.2, 0) is 4.74 Å². The van der Waals surface area contributed by atoms with Gasteiger partial charge in [0, 0.05) is 0 Å². The van der Waals surface area contributed by atoms with E-state index < -0.39 is 25.8 Å². The van der Waals surface area contributed by atoms with E-state index >= 15 is 0 Å². The lowest BCUT2D eigenvalue weighted by Gasteiger charge is -2.16. The van der Waals surface area contributed by atoms with Crippen molar-refractivity contribution in [1.29, 1.82) is 0 Å². The number of halogens is 6. The van der Waals surface area contributed by atoms with E-state index in [1.807, 2.05) is 0 Å². The third-order valence-electron chi connectivity index (χ3n) is 1.31. The van der Waals surface area contributed by atoms with Crippen molar-refractivity contribution in [3.05, 3.63) is 0 Å². The summed E-state index contributed by atoms with van der Waals surface area (Å²) in [4.78, 5) is 0. The zero-order valence-electron chi connectivity index (χ0n) is 7.37. The van der Waals surface area contributed by atoms with Crippen LogP contribution in [0.1, 0.15) is 6.42 Å². The van der Waals surface area contributed by atoms with Crippen molar-refractivity contribution in [3.63, 3.8) is 0 Å². The third-order valence-corrected chi connectivity index (χ3v) is 3.67. The molecule has 0 saturated carbocycles. The van der Waals surface area contributed by atoms with Gasteiger partial charge in [0.05, 0.1) is 6.61 Å². The summed E-state index contributed by atoms with van der Waals surface area (Å²) in [5.41, 5.74) is 0. The average Bonchev–Trinajstić information content (AvgIpc) is 1.96. The first-order valence-corrected chi connectivity index (χ1v) is 8.56. The molecule has 14 heavy (non-hydrogen) atoms. The van der Waals surface area contributed by atoms with Crippen molar-refractivity contribution in [2.45, 2.75) is 31.5 Å². The Hall–Kier alpha value is 0.477. The quantitative estimate of drug-likeness (QED) is 0.309. The molecule has 0 aromatic carbocycles. The standard InChI is InChI=1S/C6H10Cl2F4OSi/c1-14(7,8)4-2-3-13-6(11,12)5(9)10/h5H,2-4H2,1H3. The highest BCUT2D eigenvalue weighted by Crippen LogP contribution is 2.26. The first kappa shape index (κ1) is 14.5. The molecule has 0 fully saturated rings. The van der Waals surface area contributed by atoms with Crippen LogP contribution in [0.5, 0.6) is 0 Å². The van der Waals surface area contributed by atoms with Crippen LogP contribution < -0.4 is 0 Å². The van der Waals surface area contributed by atoms with E-state index in [2.05, 4.69) is 4.74 Å². The van der Waals surface area contributed by atoms with Gasteiger partial charge in [0.2, 0.25) is 6.69 Å². The van der Waals surface area contributed by atoms with Gasteiger partial charge in [-0.25, -0.2) is 8.78 Å². The van der Waals surface area contributed by atoms with Crippen LogP contribution in [0.4, 0.5) is 17.6 Å². The highest BCUT2D eigenvalue weighted by Gasteiger charge is 2.42. The minimum Gasteiger partial charge on any atom is -0.316 e. The van der Waals surface area contributed by atoms with Gasteiger partial charge in [0.1, 0.15) is 0 Å². The lowest BCUT2D eigenvalue weighted by atomic mass is 10.5. The smallest absolute Gasteiger partial charge is 0.316 e. The van der Waals surface area contributed by atoms with E-state index in [4.69, 9.17) is 22.2 Å². The van der Waals surface area contributed by atoms with E-state index in [1.165, 1.54) is 0 Å². The number of hydrogen-bond acceptors (Lipinski definition) is 1. The van der Waals surface area contributed by atoms with Crippen molar-refractivity contribution >= 4 is 28.9 Å². The van der Waals surface area contributed by atoms with Gasteiger partial charge in [-0.1, -0.05) is 0 Å². The van der Waals surface area contributed by atoms with Crippen LogP contribution in [0.2, 0.25) is 12.6 Å². The van der Waals surface area contributed by atoms with Gasteiger partial charge in [0.15, 0.2) is 0 Å². The fourth-order valence-corrected chi connectivity index (χ4v) is 2.22. The Morgan fingerprint density at radius 2 is 1.86 bits per heavy atom. The van der Waals surface area contributed by atoms with Crippen LogP contribution in [0, 0.1) is 0 Å². The number of alkyl halides is 4. The van der Waals surface area contributed by atoms with Crippen LogP contribution >= 0.6 is 22.2 Å². The number of ether oxygens (including phenoxy) is 1. The molecule has 0 N–H and O–H groups in total. The molecule has 0 radical (unpaired) electrons. The molecule has 0 aliphatic heterocycles. The SMILES string of the molecule is C[Si](Cl)(Cl)CCCOC(F)(F)C(F)F. The number of hydrogen-bond donors (Lipinski definition) is 0. The van der Waals surface area contributed by atoms with Gasteiger partial charge < -0.3 is 4.74 Å². The lowest BCUT2D eigenvalue weighted by molar-refractivity contribution is -0.300. The van der Waals surface area contributed by atoms with E-state index in [0.29, 0.717) is 6.04 Å². The molecule has 0 rings (SSSR count). The predicted molar refractivity (Wildman–Crippen MR) is 49.7 cm³/mol. The third kappa shape index (κ3) is 6.86. The lowest BCUT2D eigenvalue weighted by Crippen LogP contribution is -2.30. The predicted octanol–water partition coefficient (Wildman–Crippen LogP) is 3.80. The highest BCUT2D eigenvalue weighted by atomic mass is 35.7. The Morgan fingerprint density at radius 3 is 2.21 bits per heavy atom. The Kier molecular flexibility index (Phi) is 5.72. The van der Waals surface area contributed by atoms with Crippen molar-refractivity contribution in [2.75, 3.05) is 6.61 Å². The van der Waals surface area contributed by atoms with Crippen LogP contribution in [0.3, 0.4) is 0 Å². The van der Waals surface area contributed by atoms with E-state index in [-0.39, 0.29) is 6.42 Å². The molecule has 0 amide bonds. The Labute approximate surface area is 89.7 Å². The second-order valence-electron chi connectivity index (χ2n) is 2.88. The molecule has 0 saturated heterocycles. The van der Waals surface area contributed by atoms with Gasteiger partial charge in [-0.15, -0.1) is 22.2 Å². The van der Waals surface area contributed by atoms with Gasteiger partial charge >= 0.3 is 12.5 Å². The maximum absolute atomic E-state index is 12.1.